The lowest BCUT2D eigenvalue weighted by Crippen LogP contribution is -1.88. The SMILES string of the molecule is CC(C)c1nc2c(cnc3ccsc32)[nH]1. The van der Waals surface area contributed by atoms with Gasteiger partial charge in [-0.1, -0.05) is 13.8 Å². The number of nitrogens with zero attached hydrogens (tertiary/aromatic N) is 2. The number of rotatable bonds is 1. The van der Waals surface area contributed by atoms with Crippen molar-refractivity contribution in [2.24, 2.45) is 0 Å². The average Bonchev–Trinajstić information content (AvgIpc) is 2.82. The van der Waals surface area contributed by atoms with Gasteiger partial charge in [-0.25, -0.2) is 4.98 Å². The van der Waals surface area contributed by atoms with Crippen molar-refractivity contribution in [3.8, 4) is 0 Å². The third-order valence-electron chi connectivity index (χ3n) is 2.49. The van der Waals surface area contributed by atoms with Crippen LogP contribution < -0.4 is 0 Å². The van der Waals surface area contributed by atoms with Crippen LogP contribution in [-0.2, 0) is 0 Å². The number of aromatic nitrogens is 3. The third kappa shape index (κ3) is 1.25. The normalized spacial score (nSPS) is 11.9. The van der Waals surface area contributed by atoms with Gasteiger partial charge in [0.2, 0.25) is 0 Å². The lowest BCUT2D eigenvalue weighted by molar-refractivity contribution is 0.799. The molecule has 0 radical (unpaired) electrons. The number of pyridine rings is 1. The summed E-state index contributed by atoms with van der Waals surface area (Å²) in [4.78, 5) is 12.3. The molecular formula is C11H11N3S. The van der Waals surface area contributed by atoms with Crippen molar-refractivity contribution in [3.05, 3.63) is 23.5 Å². The predicted octanol–water partition coefficient (Wildman–Crippen LogP) is 3.30. The van der Waals surface area contributed by atoms with E-state index in [0.717, 1.165) is 22.4 Å². The molecule has 0 aliphatic rings. The molecule has 15 heavy (non-hydrogen) atoms. The summed E-state index contributed by atoms with van der Waals surface area (Å²) >= 11 is 1.70. The van der Waals surface area contributed by atoms with Gasteiger partial charge in [0.1, 0.15) is 11.3 Å². The molecule has 3 rings (SSSR count). The Bertz CT molecular complexity index is 621. The van der Waals surface area contributed by atoms with Gasteiger partial charge in [-0.3, -0.25) is 4.98 Å². The molecule has 3 aromatic rings. The van der Waals surface area contributed by atoms with E-state index in [4.69, 9.17) is 0 Å². The minimum atomic E-state index is 0.424. The molecule has 0 bridgehead atoms. The molecule has 3 aromatic heterocycles. The van der Waals surface area contributed by atoms with E-state index in [1.807, 2.05) is 12.3 Å². The zero-order valence-electron chi connectivity index (χ0n) is 8.61. The number of hydrogen-bond donors (Lipinski definition) is 1. The fourth-order valence-electron chi connectivity index (χ4n) is 1.66. The molecule has 76 valence electrons. The van der Waals surface area contributed by atoms with Crippen LogP contribution in [0.3, 0.4) is 0 Å². The van der Waals surface area contributed by atoms with Crippen molar-refractivity contribution in [1.82, 2.24) is 15.0 Å². The maximum absolute atomic E-state index is 4.63. The molecule has 0 aliphatic carbocycles. The largest absolute Gasteiger partial charge is 0.340 e. The molecule has 0 amide bonds. The van der Waals surface area contributed by atoms with E-state index in [9.17, 15) is 0 Å². The van der Waals surface area contributed by atoms with Gasteiger partial charge < -0.3 is 4.98 Å². The van der Waals surface area contributed by atoms with Crippen molar-refractivity contribution >= 4 is 32.6 Å². The Labute approximate surface area is 91.2 Å². The summed E-state index contributed by atoms with van der Waals surface area (Å²) in [5.74, 6) is 1.46. The molecule has 0 atom stereocenters. The van der Waals surface area contributed by atoms with Gasteiger partial charge in [-0.15, -0.1) is 11.3 Å². The summed E-state index contributed by atoms with van der Waals surface area (Å²) in [5, 5.41) is 2.06. The Morgan fingerprint density at radius 3 is 3.07 bits per heavy atom. The zero-order valence-corrected chi connectivity index (χ0v) is 9.43. The number of thiophene rings is 1. The van der Waals surface area contributed by atoms with Crippen molar-refractivity contribution in [1.29, 1.82) is 0 Å². The highest BCUT2D eigenvalue weighted by Gasteiger charge is 2.10. The summed E-state index contributed by atoms with van der Waals surface area (Å²) in [7, 11) is 0. The standard InChI is InChI=1S/C11H11N3S/c1-6(2)11-13-8-5-12-7-3-4-15-10(7)9(8)14-11/h3-6H,1-2H3,(H,13,14). The molecule has 0 aromatic carbocycles. The summed E-state index contributed by atoms with van der Waals surface area (Å²) < 4.78 is 1.18. The summed E-state index contributed by atoms with van der Waals surface area (Å²) in [6.45, 7) is 4.27. The van der Waals surface area contributed by atoms with Crippen LogP contribution in [-0.4, -0.2) is 15.0 Å². The minimum absolute atomic E-state index is 0.424. The van der Waals surface area contributed by atoms with Gasteiger partial charge in [0, 0.05) is 5.92 Å². The van der Waals surface area contributed by atoms with Crippen LogP contribution in [0.2, 0.25) is 0 Å². The second kappa shape index (κ2) is 3.03. The maximum atomic E-state index is 4.63. The van der Waals surface area contributed by atoms with Gasteiger partial charge in [0.15, 0.2) is 0 Å². The van der Waals surface area contributed by atoms with Crippen LogP contribution in [0.25, 0.3) is 21.3 Å². The van der Waals surface area contributed by atoms with Gasteiger partial charge in [-0.2, -0.15) is 0 Å². The average molecular weight is 217 g/mol. The van der Waals surface area contributed by atoms with Gasteiger partial charge >= 0.3 is 0 Å². The smallest absolute Gasteiger partial charge is 0.110 e. The Balaban J connectivity index is 2.41. The topological polar surface area (TPSA) is 41.6 Å². The molecule has 0 spiro atoms. The molecule has 0 aliphatic heterocycles. The first-order valence-corrected chi connectivity index (χ1v) is 5.85. The first-order valence-electron chi connectivity index (χ1n) is 4.97. The molecule has 0 saturated heterocycles. The van der Waals surface area contributed by atoms with E-state index in [2.05, 4.69) is 34.2 Å². The fraction of sp³-hybridized carbons (Fsp3) is 0.273. The van der Waals surface area contributed by atoms with Crippen molar-refractivity contribution < 1.29 is 0 Å². The molecule has 3 heterocycles. The molecule has 0 saturated carbocycles. The summed E-state index contributed by atoms with van der Waals surface area (Å²) in [5.41, 5.74) is 3.13. The van der Waals surface area contributed by atoms with Crippen molar-refractivity contribution in [3.63, 3.8) is 0 Å². The molecule has 1 N–H and O–H groups in total. The van der Waals surface area contributed by atoms with E-state index >= 15 is 0 Å². The summed E-state index contributed by atoms with van der Waals surface area (Å²) in [6.07, 6.45) is 1.86. The molecule has 4 heteroatoms. The summed E-state index contributed by atoms with van der Waals surface area (Å²) in [6, 6.07) is 2.03. The highest BCUT2D eigenvalue weighted by Crippen LogP contribution is 2.27. The van der Waals surface area contributed by atoms with E-state index < -0.39 is 0 Å². The number of H-pyrrole nitrogens is 1. The first kappa shape index (κ1) is 8.85. The van der Waals surface area contributed by atoms with E-state index in [-0.39, 0.29) is 0 Å². The minimum Gasteiger partial charge on any atom is -0.340 e. The second-order valence-electron chi connectivity index (χ2n) is 3.93. The number of aromatic amines is 1. The second-order valence-corrected chi connectivity index (χ2v) is 4.85. The van der Waals surface area contributed by atoms with Gasteiger partial charge in [0.05, 0.1) is 21.9 Å². The van der Waals surface area contributed by atoms with Crippen LogP contribution in [0.15, 0.2) is 17.6 Å². The highest BCUT2D eigenvalue weighted by atomic mass is 32.1. The van der Waals surface area contributed by atoms with Crippen LogP contribution in [0, 0.1) is 0 Å². The Morgan fingerprint density at radius 1 is 1.40 bits per heavy atom. The molecule has 3 nitrogen and oxygen atoms in total. The molecule has 0 unspecified atom stereocenters. The van der Waals surface area contributed by atoms with Gasteiger partial charge in [-0.05, 0) is 11.4 Å². The van der Waals surface area contributed by atoms with Crippen molar-refractivity contribution in [2.75, 3.05) is 0 Å². The lowest BCUT2D eigenvalue weighted by Gasteiger charge is -1.95. The maximum Gasteiger partial charge on any atom is 0.110 e. The number of nitrogens with one attached hydrogen (secondary N) is 1. The quantitative estimate of drug-likeness (QED) is 0.679. The Kier molecular flexibility index (Phi) is 1.79. The third-order valence-corrected chi connectivity index (χ3v) is 3.40. The van der Waals surface area contributed by atoms with Crippen LogP contribution >= 0.6 is 11.3 Å². The fourth-order valence-corrected chi connectivity index (χ4v) is 2.50. The van der Waals surface area contributed by atoms with Crippen molar-refractivity contribution in [2.45, 2.75) is 19.8 Å². The number of hydrogen-bond acceptors (Lipinski definition) is 3. The monoisotopic (exact) mass is 217 g/mol. The van der Waals surface area contributed by atoms with Gasteiger partial charge in [0.25, 0.3) is 0 Å². The van der Waals surface area contributed by atoms with Crippen LogP contribution in [0.5, 0.6) is 0 Å². The van der Waals surface area contributed by atoms with Crippen LogP contribution in [0.1, 0.15) is 25.6 Å². The van der Waals surface area contributed by atoms with Crippen LogP contribution in [0.4, 0.5) is 0 Å². The lowest BCUT2D eigenvalue weighted by atomic mass is 10.2. The highest BCUT2D eigenvalue weighted by molar-refractivity contribution is 7.18. The first-order chi connectivity index (χ1) is 7.25. The Morgan fingerprint density at radius 2 is 2.27 bits per heavy atom. The Hall–Kier alpha value is -1.42. The zero-order chi connectivity index (χ0) is 10.4. The number of imidazole rings is 1. The van der Waals surface area contributed by atoms with E-state index in [1.54, 1.807) is 11.3 Å². The van der Waals surface area contributed by atoms with E-state index in [1.165, 1.54) is 4.70 Å². The van der Waals surface area contributed by atoms with E-state index in [0.29, 0.717) is 5.92 Å². The predicted molar refractivity (Wildman–Crippen MR) is 63.4 cm³/mol. The molecule has 0 fully saturated rings. The molecular weight excluding hydrogens is 206 g/mol. The number of fused-ring (bicyclic) bond motifs is 3.